The third-order valence-electron chi connectivity index (χ3n) is 5.40. The summed E-state index contributed by atoms with van der Waals surface area (Å²) in [5.41, 5.74) is 2.71. The fourth-order valence-corrected chi connectivity index (χ4v) is 5.69. The van der Waals surface area contributed by atoms with Gasteiger partial charge in [-0.25, -0.2) is 4.79 Å². The summed E-state index contributed by atoms with van der Waals surface area (Å²) in [5.74, 6) is -0.844. The van der Waals surface area contributed by atoms with Crippen LogP contribution in [0.25, 0.3) is 0 Å². The third kappa shape index (κ3) is 5.26. The highest BCUT2D eigenvalue weighted by Gasteiger charge is 2.23. The van der Waals surface area contributed by atoms with Crippen molar-refractivity contribution in [1.29, 1.82) is 0 Å². The average Bonchev–Trinajstić information content (AvgIpc) is 3.27. The summed E-state index contributed by atoms with van der Waals surface area (Å²) in [6, 6.07) is 12.7. The van der Waals surface area contributed by atoms with Crippen molar-refractivity contribution in [3.8, 4) is 5.75 Å². The van der Waals surface area contributed by atoms with E-state index in [4.69, 9.17) is 8.92 Å². The van der Waals surface area contributed by atoms with Crippen LogP contribution in [0.2, 0.25) is 0 Å². The average molecular weight is 486 g/mol. The Morgan fingerprint density at radius 3 is 2.58 bits per heavy atom. The molecule has 0 spiro atoms. The molecule has 1 aromatic heterocycles. The largest absolute Gasteiger partial charge is 0.452 e. The highest BCUT2D eigenvalue weighted by Crippen LogP contribution is 2.25. The summed E-state index contributed by atoms with van der Waals surface area (Å²) in [7, 11) is -4.02. The van der Waals surface area contributed by atoms with Gasteiger partial charge >= 0.3 is 16.1 Å². The molecule has 0 radical (unpaired) electrons. The highest BCUT2D eigenvalue weighted by atomic mass is 32.2. The number of hydrogen-bond donors (Lipinski definition) is 0. The number of rotatable bonds is 6. The van der Waals surface area contributed by atoms with E-state index in [9.17, 15) is 18.0 Å². The summed E-state index contributed by atoms with van der Waals surface area (Å²) in [6.07, 6.45) is 0.805. The lowest BCUT2D eigenvalue weighted by Gasteiger charge is -2.26. The smallest absolute Gasteiger partial charge is 0.339 e. The molecule has 0 fully saturated rings. The highest BCUT2D eigenvalue weighted by molar-refractivity contribution is 7.87. The van der Waals surface area contributed by atoms with Gasteiger partial charge in [0.25, 0.3) is 5.91 Å². The van der Waals surface area contributed by atoms with Gasteiger partial charge in [-0.05, 0) is 78.7 Å². The van der Waals surface area contributed by atoms with Crippen molar-refractivity contribution in [2.24, 2.45) is 0 Å². The molecule has 4 rings (SSSR count). The first kappa shape index (κ1) is 23.0. The molecule has 172 valence electrons. The van der Waals surface area contributed by atoms with Gasteiger partial charge in [0.15, 0.2) is 6.61 Å². The maximum Gasteiger partial charge on any atom is 0.339 e. The van der Waals surface area contributed by atoms with E-state index in [0.717, 1.165) is 17.5 Å². The van der Waals surface area contributed by atoms with Crippen LogP contribution in [0.15, 0.2) is 58.8 Å². The van der Waals surface area contributed by atoms with Crippen LogP contribution in [0.3, 0.4) is 0 Å². The van der Waals surface area contributed by atoms with Crippen molar-refractivity contribution in [2.75, 3.05) is 13.2 Å². The summed E-state index contributed by atoms with van der Waals surface area (Å²) < 4.78 is 35.6. The number of hydrogen-bond acceptors (Lipinski definition) is 7. The van der Waals surface area contributed by atoms with Crippen molar-refractivity contribution >= 4 is 33.3 Å². The molecule has 33 heavy (non-hydrogen) atoms. The lowest BCUT2D eigenvalue weighted by atomic mass is 10.1. The second-order valence-electron chi connectivity index (χ2n) is 7.84. The van der Waals surface area contributed by atoms with Gasteiger partial charge in [-0.15, -0.1) is 11.3 Å². The molecule has 0 bridgehead atoms. The maximum atomic E-state index is 12.6. The van der Waals surface area contributed by atoms with Crippen molar-refractivity contribution in [3.63, 3.8) is 0 Å². The van der Waals surface area contributed by atoms with Gasteiger partial charge in [0.2, 0.25) is 0 Å². The molecule has 1 aliphatic rings. The first-order valence-corrected chi connectivity index (χ1v) is 12.6. The monoisotopic (exact) mass is 485 g/mol. The van der Waals surface area contributed by atoms with E-state index < -0.39 is 16.1 Å². The number of esters is 1. The topological polar surface area (TPSA) is 90.0 Å². The number of nitrogens with zero attached hydrogens (tertiary/aromatic N) is 1. The number of aryl methyl sites for hydroxylation is 2. The predicted molar refractivity (Wildman–Crippen MR) is 124 cm³/mol. The molecule has 2 aromatic carbocycles. The van der Waals surface area contributed by atoms with Gasteiger partial charge in [0, 0.05) is 18.0 Å². The van der Waals surface area contributed by atoms with E-state index in [2.05, 4.69) is 0 Å². The zero-order valence-corrected chi connectivity index (χ0v) is 19.9. The second-order valence-corrected chi connectivity index (χ2v) is 10.4. The molecule has 0 aliphatic carbocycles. The Kier molecular flexibility index (Phi) is 6.53. The van der Waals surface area contributed by atoms with E-state index in [1.165, 1.54) is 29.1 Å². The Morgan fingerprint density at radius 2 is 1.82 bits per heavy atom. The summed E-state index contributed by atoms with van der Waals surface area (Å²) in [4.78, 5) is 27.8. The van der Waals surface area contributed by atoms with Crippen LogP contribution in [0, 0.1) is 13.8 Å². The van der Waals surface area contributed by atoms with Crippen LogP contribution in [0.1, 0.15) is 31.9 Å². The number of carbonyl (C=O) groups is 2. The number of benzene rings is 2. The van der Waals surface area contributed by atoms with Gasteiger partial charge in [-0.3, -0.25) is 4.79 Å². The molecule has 0 saturated heterocycles. The molecular weight excluding hydrogens is 462 g/mol. The quantitative estimate of drug-likeness (QED) is 0.389. The Bertz CT molecular complexity index is 1290. The third-order valence-corrected chi connectivity index (χ3v) is 7.81. The van der Waals surface area contributed by atoms with E-state index in [-0.39, 0.29) is 28.7 Å². The van der Waals surface area contributed by atoms with Crippen LogP contribution in [0.4, 0.5) is 0 Å². The number of carbonyl (C=O) groups excluding carboxylic acids is 2. The molecule has 7 nitrogen and oxygen atoms in total. The molecule has 1 aliphatic heterocycles. The minimum Gasteiger partial charge on any atom is -0.452 e. The predicted octanol–water partition coefficient (Wildman–Crippen LogP) is 3.87. The zero-order chi connectivity index (χ0) is 23.6. The SMILES string of the molecule is Cc1ccc(C)c(S(=O)(=O)Oc2ccc(C(=O)OCC(=O)N3CCc4sccc4C3)cc2)c1. The number of ether oxygens (including phenoxy) is 1. The number of fused-ring (bicyclic) bond motifs is 1. The van der Waals surface area contributed by atoms with Gasteiger partial charge in [-0.2, -0.15) is 8.42 Å². The van der Waals surface area contributed by atoms with E-state index >= 15 is 0 Å². The van der Waals surface area contributed by atoms with Crippen molar-refractivity contribution in [1.82, 2.24) is 4.90 Å². The molecular formula is C24H23NO6S2. The minimum atomic E-state index is -4.02. The first-order chi connectivity index (χ1) is 15.7. The molecule has 0 N–H and O–H groups in total. The van der Waals surface area contributed by atoms with Crippen LogP contribution in [-0.4, -0.2) is 38.3 Å². The minimum absolute atomic E-state index is 0.0726. The molecule has 3 aromatic rings. The van der Waals surface area contributed by atoms with Crippen LogP contribution in [-0.2, 0) is 32.6 Å². The Morgan fingerprint density at radius 1 is 1.06 bits per heavy atom. The molecule has 9 heteroatoms. The summed E-state index contributed by atoms with van der Waals surface area (Å²) in [6.45, 7) is 4.27. The van der Waals surface area contributed by atoms with E-state index in [1.54, 1.807) is 42.2 Å². The maximum absolute atomic E-state index is 12.6. The molecule has 1 amide bonds. The first-order valence-electron chi connectivity index (χ1n) is 10.3. The van der Waals surface area contributed by atoms with Gasteiger partial charge in [-0.1, -0.05) is 12.1 Å². The lowest BCUT2D eigenvalue weighted by molar-refractivity contribution is -0.135. The number of thiophene rings is 1. The summed E-state index contributed by atoms with van der Waals surface area (Å²) in [5, 5.41) is 2.01. The molecule has 0 atom stereocenters. The van der Waals surface area contributed by atoms with Crippen molar-refractivity contribution < 1.29 is 26.9 Å². The van der Waals surface area contributed by atoms with Gasteiger partial charge in [0.1, 0.15) is 10.6 Å². The van der Waals surface area contributed by atoms with Crippen molar-refractivity contribution in [2.45, 2.75) is 31.7 Å². The normalized spacial score (nSPS) is 13.3. The molecule has 2 heterocycles. The van der Waals surface area contributed by atoms with Gasteiger partial charge < -0.3 is 13.8 Å². The number of amides is 1. The standard InChI is InChI=1S/C24H23NO6S2/c1-16-3-4-17(2)22(13-16)33(28,29)31-20-7-5-18(6-8-20)24(27)30-15-23(26)25-11-9-21-19(14-25)10-12-32-21/h3-8,10,12-13H,9,11,14-15H2,1-2H3. The fourth-order valence-electron chi connectivity index (χ4n) is 3.56. The Labute approximate surface area is 196 Å². The molecule has 0 unspecified atom stereocenters. The fraction of sp³-hybridized carbons (Fsp3) is 0.250. The second kappa shape index (κ2) is 9.36. The Balaban J connectivity index is 1.34. The molecule has 0 saturated carbocycles. The van der Waals surface area contributed by atoms with E-state index in [0.29, 0.717) is 18.7 Å². The zero-order valence-electron chi connectivity index (χ0n) is 18.2. The lowest BCUT2D eigenvalue weighted by Crippen LogP contribution is -2.38. The van der Waals surface area contributed by atoms with Crippen LogP contribution in [0.5, 0.6) is 5.75 Å². The van der Waals surface area contributed by atoms with Crippen LogP contribution >= 0.6 is 11.3 Å². The van der Waals surface area contributed by atoms with E-state index in [1.807, 2.05) is 17.5 Å². The summed E-state index contributed by atoms with van der Waals surface area (Å²) >= 11 is 1.69. The van der Waals surface area contributed by atoms with Crippen LogP contribution < -0.4 is 4.18 Å². The van der Waals surface area contributed by atoms with Crippen molar-refractivity contribution in [3.05, 3.63) is 81.0 Å². The Hall–Kier alpha value is -3.17. The van der Waals surface area contributed by atoms with Gasteiger partial charge in [0.05, 0.1) is 5.56 Å².